The number of rotatable bonds is 3. The Bertz CT molecular complexity index is 2170. The highest BCUT2D eigenvalue weighted by molar-refractivity contribution is 6.72. The van der Waals surface area contributed by atoms with Gasteiger partial charge in [-0.1, -0.05) is 6.82 Å². The highest BCUT2D eigenvalue weighted by Gasteiger charge is 2.58. The first kappa shape index (κ1) is 32.7. The summed E-state index contributed by atoms with van der Waals surface area (Å²) in [4.78, 5) is 19.5. The first-order chi connectivity index (χ1) is 25.6. The van der Waals surface area contributed by atoms with Gasteiger partial charge in [0.25, 0.3) is 0 Å². The number of aliphatic hydroxyl groups is 2. The van der Waals surface area contributed by atoms with Crippen molar-refractivity contribution >= 4 is 58.3 Å². The van der Waals surface area contributed by atoms with Crippen molar-refractivity contribution in [3.8, 4) is 0 Å². The lowest BCUT2D eigenvalue weighted by molar-refractivity contribution is -0.138. The summed E-state index contributed by atoms with van der Waals surface area (Å²) in [5.41, 5.74) is 7.86. The number of nitrogens with zero attached hydrogens (tertiary/aromatic N) is 6. The van der Waals surface area contributed by atoms with Gasteiger partial charge in [-0.05, 0) is 124 Å². The largest absolute Gasteiger partial charge is 0.468 e. The van der Waals surface area contributed by atoms with E-state index in [2.05, 4.69) is 50.9 Å². The number of aromatic nitrogens is 4. The maximum Gasteiger partial charge on any atom is 0.468 e. The fourth-order valence-corrected chi connectivity index (χ4v) is 13.6. The Hall–Kier alpha value is -3.67. The zero-order valence-electron chi connectivity index (χ0n) is 31.0. The second-order valence-corrected chi connectivity index (χ2v) is 18.4. The average Bonchev–Trinajstić information content (AvgIpc) is 3.80. The molecular weight excluding hydrogens is 662 g/mol. The molecule has 0 unspecified atom stereocenters. The molecule has 53 heavy (non-hydrogen) atoms. The van der Waals surface area contributed by atoms with E-state index in [0.717, 1.165) is 77.9 Å². The minimum atomic E-state index is -0.749. The highest BCUT2D eigenvalue weighted by Crippen LogP contribution is 2.60. The first-order valence-corrected chi connectivity index (χ1v) is 20.3. The Balaban J connectivity index is 0.000000125. The van der Waals surface area contributed by atoms with Crippen LogP contribution in [0.2, 0.25) is 6.82 Å². The SMILES string of the molecule is CB1c2cnc3[nH]ccc3c2C(C2[C@H]3CC4C[C@H]2CC(O)(C4)C3)=NN1C.CCN1N=C(C2[C@H]3CC4C[C@H]2CC(O)(C4)C3)c2c(cnc3[nH]ccc23)B1O. The normalized spacial score (nSPS) is 37.5. The van der Waals surface area contributed by atoms with E-state index in [1.807, 2.05) is 25.5 Å². The van der Waals surface area contributed by atoms with Crippen LogP contribution in [0.15, 0.2) is 47.1 Å². The van der Waals surface area contributed by atoms with Crippen molar-refractivity contribution in [3.05, 3.63) is 48.0 Å². The van der Waals surface area contributed by atoms with Crippen LogP contribution in [-0.2, 0) is 0 Å². The minimum Gasteiger partial charge on any atom is -0.428 e. The van der Waals surface area contributed by atoms with Crippen molar-refractivity contribution in [2.24, 2.45) is 57.5 Å². The van der Waals surface area contributed by atoms with Crippen molar-refractivity contribution in [2.75, 3.05) is 13.6 Å². The quantitative estimate of drug-likeness (QED) is 0.204. The second-order valence-electron chi connectivity index (χ2n) is 18.4. The van der Waals surface area contributed by atoms with E-state index in [-0.39, 0.29) is 6.85 Å². The van der Waals surface area contributed by atoms with Crippen molar-refractivity contribution in [1.29, 1.82) is 0 Å². The molecule has 0 amide bonds. The molecule has 0 radical (unpaired) electrons. The molecule has 0 saturated heterocycles. The fraction of sp³-hybridized carbons (Fsp3) is 0.600. The van der Waals surface area contributed by atoms with Crippen LogP contribution in [0.5, 0.6) is 0 Å². The van der Waals surface area contributed by atoms with Gasteiger partial charge in [-0.2, -0.15) is 10.2 Å². The predicted octanol–water partition coefficient (Wildman–Crippen LogP) is 3.71. The van der Waals surface area contributed by atoms with Crippen LogP contribution in [0.3, 0.4) is 0 Å². The van der Waals surface area contributed by atoms with Crippen LogP contribution in [0.4, 0.5) is 0 Å². The minimum absolute atomic E-state index is 0.238. The van der Waals surface area contributed by atoms with Gasteiger partial charge in [0.15, 0.2) is 0 Å². The van der Waals surface area contributed by atoms with Crippen LogP contribution in [0, 0.1) is 47.3 Å². The summed E-state index contributed by atoms with van der Waals surface area (Å²) < 4.78 is 0. The molecule has 6 heterocycles. The number of aromatic amines is 2. The molecule has 5 N–H and O–H groups in total. The van der Waals surface area contributed by atoms with Gasteiger partial charge in [0.1, 0.15) is 11.3 Å². The molecule has 14 rings (SSSR count). The van der Waals surface area contributed by atoms with Crippen LogP contribution < -0.4 is 10.9 Å². The Morgan fingerprint density at radius 3 is 1.70 bits per heavy atom. The van der Waals surface area contributed by atoms with Crippen LogP contribution in [0.1, 0.15) is 82.3 Å². The van der Waals surface area contributed by atoms with Gasteiger partial charge in [-0.25, -0.2) is 9.97 Å². The molecule has 274 valence electrons. The summed E-state index contributed by atoms with van der Waals surface area (Å²) in [5, 5.41) is 45.2. The third-order valence-electron chi connectivity index (χ3n) is 15.3. The lowest BCUT2D eigenvalue weighted by Gasteiger charge is -2.58. The topological polar surface area (TPSA) is 149 Å². The first-order valence-electron chi connectivity index (χ1n) is 20.3. The molecule has 4 aromatic rings. The lowest BCUT2D eigenvalue weighted by atomic mass is 9.47. The number of hydrogen-bond acceptors (Lipinski definition) is 9. The lowest BCUT2D eigenvalue weighted by Crippen LogP contribution is -2.59. The van der Waals surface area contributed by atoms with Gasteiger partial charge in [0, 0.05) is 77.6 Å². The van der Waals surface area contributed by atoms with Crippen molar-refractivity contribution in [3.63, 3.8) is 0 Å². The number of hydrazone groups is 2. The smallest absolute Gasteiger partial charge is 0.428 e. The van der Waals surface area contributed by atoms with E-state index >= 15 is 0 Å². The van der Waals surface area contributed by atoms with Crippen molar-refractivity contribution in [2.45, 2.75) is 89.2 Å². The standard InChI is InChI=1S/C20H25BN4O2.C20H25BN4O/c1-2-25-21(27)15-10-23-19-14(3-4-22-19)17(15)18(24-25)16-12-5-11-6-13(16)9-20(26,7-11)8-12;1-21-15-10-23-19-14(3-4-22-19)17(15)18(24-25(21)2)16-12-5-11-6-13(16)9-20(26,7-11)8-12/h3-4,10-13,16,26-27H,2,5-9H2,1H3,(H,22,23);3-4,10-13,16,26H,5-9H2,1-2H3,(H,22,23)/t2*11?,12-,13-,16?,20?/m00/s1. The third kappa shape index (κ3) is 4.84. The third-order valence-corrected chi connectivity index (χ3v) is 15.3. The zero-order valence-corrected chi connectivity index (χ0v) is 31.0. The molecule has 8 saturated carbocycles. The molecule has 2 aliphatic heterocycles. The molecule has 13 heteroatoms. The Morgan fingerprint density at radius 1 is 0.736 bits per heavy atom. The van der Waals surface area contributed by atoms with Crippen molar-refractivity contribution in [1.82, 2.24) is 29.8 Å². The number of H-pyrrole nitrogens is 2. The van der Waals surface area contributed by atoms with Gasteiger partial charge >= 0.3 is 13.9 Å². The van der Waals surface area contributed by atoms with Gasteiger partial charge in [-0.15, -0.1) is 0 Å². The molecule has 4 aromatic heterocycles. The monoisotopic (exact) mass is 712 g/mol. The molecular formula is C40H50B2N8O3. The second kappa shape index (κ2) is 11.4. The van der Waals surface area contributed by atoms with Crippen LogP contribution in [0.25, 0.3) is 22.1 Å². The van der Waals surface area contributed by atoms with E-state index in [1.165, 1.54) is 47.8 Å². The van der Waals surface area contributed by atoms with Gasteiger partial charge in [0.2, 0.25) is 0 Å². The maximum absolute atomic E-state index is 11.0. The van der Waals surface area contributed by atoms with Gasteiger partial charge in [0.05, 0.1) is 22.6 Å². The molecule has 8 bridgehead atoms. The van der Waals surface area contributed by atoms with E-state index in [9.17, 15) is 15.2 Å². The Kier molecular flexibility index (Phi) is 7.06. The van der Waals surface area contributed by atoms with Crippen LogP contribution in [-0.4, -0.2) is 95.1 Å². The number of pyridine rings is 2. The van der Waals surface area contributed by atoms with Gasteiger partial charge in [-0.3, -0.25) is 0 Å². The molecule has 8 fully saturated rings. The summed E-state index contributed by atoms with van der Waals surface area (Å²) in [6.45, 7) is 5.13. The molecule has 0 aromatic carbocycles. The summed E-state index contributed by atoms with van der Waals surface area (Å²) in [7, 11) is 1.33. The van der Waals surface area contributed by atoms with Crippen molar-refractivity contribution < 1.29 is 15.2 Å². The summed E-state index contributed by atoms with van der Waals surface area (Å²) in [6, 6.07) is 4.20. The molecule has 4 atom stereocenters. The zero-order chi connectivity index (χ0) is 36.0. The molecule has 11 nitrogen and oxygen atoms in total. The average molecular weight is 713 g/mol. The highest BCUT2D eigenvalue weighted by atomic mass is 16.3. The Labute approximate surface area is 311 Å². The fourth-order valence-electron chi connectivity index (χ4n) is 13.6. The van der Waals surface area contributed by atoms with Crippen LogP contribution >= 0.6 is 0 Å². The van der Waals surface area contributed by atoms with E-state index < -0.39 is 18.3 Å². The molecule has 0 spiro atoms. The van der Waals surface area contributed by atoms with E-state index in [4.69, 9.17) is 10.2 Å². The number of nitrogens with one attached hydrogen (secondary N) is 2. The number of hydrogen-bond donors (Lipinski definition) is 5. The molecule has 10 aliphatic rings. The maximum atomic E-state index is 11.0. The summed E-state index contributed by atoms with van der Waals surface area (Å²) in [6.07, 6.45) is 18.4. The predicted molar refractivity (Wildman–Crippen MR) is 208 cm³/mol. The molecule has 8 aliphatic carbocycles. The summed E-state index contributed by atoms with van der Waals surface area (Å²) >= 11 is 0. The summed E-state index contributed by atoms with van der Waals surface area (Å²) in [5.74, 6) is 4.35. The number of fused-ring (bicyclic) bond motifs is 6. The Morgan fingerprint density at radius 2 is 1.21 bits per heavy atom. The van der Waals surface area contributed by atoms with Gasteiger partial charge < -0.3 is 35.0 Å². The van der Waals surface area contributed by atoms with E-state index in [1.54, 1.807) is 11.1 Å². The van der Waals surface area contributed by atoms with E-state index in [0.29, 0.717) is 48.0 Å².